The lowest BCUT2D eigenvalue weighted by Crippen LogP contribution is -2.14. The summed E-state index contributed by atoms with van der Waals surface area (Å²) < 4.78 is 2.13. The minimum Gasteiger partial charge on any atom is -0.337 e. The van der Waals surface area contributed by atoms with Crippen LogP contribution < -0.4 is 5.32 Å². The van der Waals surface area contributed by atoms with Gasteiger partial charge in [0.15, 0.2) is 0 Å². The second kappa shape index (κ2) is 7.34. The van der Waals surface area contributed by atoms with Crippen molar-refractivity contribution in [3.63, 3.8) is 0 Å². The van der Waals surface area contributed by atoms with Crippen molar-refractivity contribution in [2.24, 2.45) is 0 Å². The smallest absolute Gasteiger partial charge is 0.0945 e. The predicted octanol–water partition coefficient (Wildman–Crippen LogP) is 3.08. The van der Waals surface area contributed by atoms with Gasteiger partial charge in [0.1, 0.15) is 0 Å². The highest BCUT2D eigenvalue weighted by molar-refractivity contribution is 7.11. The molecule has 0 aliphatic rings. The van der Waals surface area contributed by atoms with E-state index < -0.39 is 0 Å². The molecule has 3 nitrogen and oxygen atoms in total. The molecular weight excluding hydrogens is 242 g/mol. The maximum absolute atomic E-state index is 4.04. The average Bonchev–Trinajstić information content (AvgIpc) is 3.04. The minimum atomic E-state index is 1.01. The molecule has 1 N–H and O–H groups in total. The first kappa shape index (κ1) is 13.3. The standard InChI is InChI=1S/C14H21N3S/c1-2-13-5-6-14(18-13)11-15-7-3-4-9-17-10-8-16-12-17/h5-6,8,10,12,15H,2-4,7,9,11H2,1H3. The van der Waals surface area contributed by atoms with Crippen molar-refractivity contribution < 1.29 is 0 Å². The maximum Gasteiger partial charge on any atom is 0.0945 e. The third-order valence-electron chi connectivity index (χ3n) is 2.94. The Balaban J connectivity index is 1.53. The summed E-state index contributed by atoms with van der Waals surface area (Å²) in [6.07, 6.45) is 9.30. The summed E-state index contributed by atoms with van der Waals surface area (Å²) in [4.78, 5) is 6.96. The molecule has 2 aromatic rings. The van der Waals surface area contributed by atoms with Gasteiger partial charge in [0.05, 0.1) is 6.33 Å². The Morgan fingerprint density at radius 3 is 2.89 bits per heavy atom. The molecule has 0 unspecified atom stereocenters. The second-order valence-electron chi connectivity index (χ2n) is 4.41. The van der Waals surface area contributed by atoms with Gasteiger partial charge in [-0.2, -0.15) is 0 Å². The molecular formula is C14H21N3S. The first-order valence-electron chi connectivity index (χ1n) is 6.62. The third-order valence-corrected chi connectivity index (χ3v) is 4.17. The normalized spacial score (nSPS) is 10.9. The van der Waals surface area contributed by atoms with E-state index in [4.69, 9.17) is 0 Å². The zero-order chi connectivity index (χ0) is 12.6. The van der Waals surface area contributed by atoms with Gasteiger partial charge < -0.3 is 9.88 Å². The van der Waals surface area contributed by atoms with Crippen LogP contribution in [0.4, 0.5) is 0 Å². The monoisotopic (exact) mass is 263 g/mol. The van der Waals surface area contributed by atoms with Crippen molar-refractivity contribution in [1.82, 2.24) is 14.9 Å². The zero-order valence-electron chi connectivity index (χ0n) is 10.9. The van der Waals surface area contributed by atoms with Gasteiger partial charge >= 0.3 is 0 Å². The molecule has 2 rings (SSSR count). The van der Waals surface area contributed by atoms with Crippen molar-refractivity contribution in [3.05, 3.63) is 40.6 Å². The number of hydrogen-bond acceptors (Lipinski definition) is 3. The first-order chi connectivity index (χ1) is 8.88. The van der Waals surface area contributed by atoms with Gasteiger partial charge in [0, 0.05) is 35.2 Å². The summed E-state index contributed by atoms with van der Waals surface area (Å²) in [5.41, 5.74) is 0. The fourth-order valence-electron chi connectivity index (χ4n) is 1.88. The molecule has 2 heterocycles. The van der Waals surface area contributed by atoms with Crippen molar-refractivity contribution in [2.75, 3.05) is 6.54 Å². The quantitative estimate of drug-likeness (QED) is 0.742. The third kappa shape index (κ3) is 4.27. The van der Waals surface area contributed by atoms with Crippen LogP contribution in [0.15, 0.2) is 30.9 Å². The number of aryl methyl sites for hydroxylation is 2. The molecule has 0 aromatic carbocycles. The Labute approximate surface area is 113 Å². The van der Waals surface area contributed by atoms with Gasteiger partial charge in [-0.1, -0.05) is 6.92 Å². The lowest BCUT2D eigenvalue weighted by atomic mass is 10.3. The summed E-state index contributed by atoms with van der Waals surface area (Å²) in [6.45, 7) is 5.38. The molecule has 18 heavy (non-hydrogen) atoms. The summed E-state index contributed by atoms with van der Waals surface area (Å²) in [5, 5.41) is 3.50. The van der Waals surface area contributed by atoms with Crippen LogP contribution in [0.2, 0.25) is 0 Å². The van der Waals surface area contributed by atoms with Gasteiger partial charge in [0.25, 0.3) is 0 Å². The molecule has 0 bridgehead atoms. The van der Waals surface area contributed by atoms with E-state index in [2.05, 4.69) is 33.9 Å². The fourth-order valence-corrected chi connectivity index (χ4v) is 2.81. The van der Waals surface area contributed by atoms with Crippen molar-refractivity contribution in [2.45, 2.75) is 39.3 Å². The molecule has 2 aromatic heterocycles. The number of unbranched alkanes of at least 4 members (excludes halogenated alkanes) is 1. The Morgan fingerprint density at radius 2 is 2.17 bits per heavy atom. The van der Waals surface area contributed by atoms with E-state index in [1.54, 1.807) is 0 Å². The van der Waals surface area contributed by atoms with Crippen LogP contribution in [0.1, 0.15) is 29.5 Å². The Kier molecular flexibility index (Phi) is 5.42. The number of thiophene rings is 1. The van der Waals surface area contributed by atoms with Gasteiger partial charge in [0.2, 0.25) is 0 Å². The Bertz CT molecular complexity index is 434. The molecule has 0 saturated carbocycles. The predicted molar refractivity (Wildman–Crippen MR) is 76.9 cm³/mol. The number of rotatable bonds is 8. The summed E-state index contributed by atoms with van der Waals surface area (Å²) >= 11 is 1.92. The Morgan fingerprint density at radius 1 is 1.28 bits per heavy atom. The molecule has 98 valence electrons. The maximum atomic E-state index is 4.04. The molecule has 0 aliphatic carbocycles. The number of nitrogens with zero attached hydrogens (tertiary/aromatic N) is 2. The number of hydrogen-bond donors (Lipinski definition) is 1. The van der Waals surface area contributed by atoms with Crippen LogP contribution in [0.25, 0.3) is 0 Å². The molecule has 0 saturated heterocycles. The Hall–Kier alpha value is -1.13. The van der Waals surface area contributed by atoms with Crippen molar-refractivity contribution in [1.29, 1.82) is 0 Å². The number of nitrogens with one attached hydrogen (secondary N) is 1. The van der Waals surface area contributed by atoms with Crippen molar-refractivity contribution >= 4 is 11.3 Å². The van der Waals surface area contributed by atoms with E-state index >= 15 is 0 Å². The molecule has 0 amide bonds. The van der Waals surface area contributed by atoms with Gasteiger partial charge in [-0.3, -0.25) is 0 Å². The molecule has 0 radical (unpaired) electrons. The van der Waals surface area contributed by atoms with Crippen LogP contribution in [-0.4, -0.2) is 16.1 Å². The van der Waals surface area contributed by atoms with E-state index in [1.165, 1.54) is 22.6 Å². The lowest BCUT2D eigenvalue weighted by Gasteiger charge is -2.04. The highest BCUT2D eigenvalue weighted by atomic mass is 32.1. The van der Waals surface area contributed by atoms with Gasteiger partial charge in [-0.05, 0) is 37.9 Å². The van der Waals surface area contributed by atoms with E-state index in [-0.39, 0.29) is 0 Å². The van der Waals surface area contributed by atoms with Crippen LogP contribution >= 0.6 is 11.3 Å². The molecule has 0 atom stereocenters. The van der Waals surface area contributed by atoms with Crippen LogP contribution in [-0.2, 0) is 19.5 Å². The molecule has 0 spiro atoms. The zero-order valence-corrected chi connectivity index (χ0v) is 11.7. The molecule has 0 fully saturated rings. The fraction of sp³-hybridized carbons (Fsp3) is 0.500. The topological polar surface area (TPSA) is 29.9 Å². The van der Waals surface area contributed by atoms with E-state index in [0.29, 0.717) is 0 Å². The highest BCUT2D eigenvalue weighted by Crippen LogP contribution is 2.16. The molecule has 4 heteroatoms. The SMILES string of the molecule is CCc1ccc(CNCCCCn2ccnc2)s1. The average molecular weight is 263 g/mol. The van der Waals surface area contributed by atoms with Crippen LogP contribution in [0.5, 0.6) is 0 Å². The lowest BCUT2D eigenvalue weighted by molar-refractivity contribution is 0.570. The molecule has 0 aliphatic heterocycles. The van der Waals surface area contributed by atoms with Gasteiger partial charge in [-0.25, -0.2) is 4.98 Å². The van der Waals surface area contributed by atoms with Crippen LogP contribution in [0, 0.1) is 0 Å². The minimum absolute atomic E-state index is 1.01. The first-order valence-corrected chi connectivity index (χ1v) is 7.44. The second-order valence-corrected chi connectivity index (χ2v) is 5.66. The summed E-state index contributed by atoms with van der Waals surface area (Å²) in [7, 11) is 0. The van der Waals surface area contributed by atoms with Crippen molar-refractivity contribution in [3.8, 4) is 0 Å². The summed E-state index contributed by atoms with van der Waals surface area (Å²) in [6, 6.07) is 4.47. The van der Waals surface area contributed by atoms with E-state index in [9.17, 15) is 0 Å². The number of aromatic nitrogens is 2. The van der Waals surface area contributed by atoms with E-state index in [0.717, 1.165) is 26.1 Å². The van der Waals surface area contributed by atoms with E-state index in [1.807, 2.05) is 30.1 Å². The van der Waals surface area contributed by atoms with Gasteiger partial charge in [-0.15, -0.1) is 11.3 Å². The number of imidazole rings is 1. The largest absolute Gasteiger partial charge is 0.337 e. The summed E-state index contributed by atoms with van der Waals surface area (Å²) in [5.74, 6) is 0. The highest BCUT2D eigenvalue weighted by Gasteiger charge is 1.97. The van der Waals surface area contributed by atoms with Crippen LogP contribution in [0.3, 0.4) is 0 Å².